The topological polar surface area (TPSA) is 52.6 Å². The normalized spacial score (nSPS) is 11.6. The first-order valence-corrected chi connectivity index (χ1v) is 17.4. The first-order valence-electron chi connectivity index (χ1n) is 17.4. The molecule has 0 saturated heterocycles. The Labute approximate surface area is 249 Å². The summed E-state index contributed by atoms with van der Waals surface area (Å²) >= 11 is 0. The van der Waals surface area contributed by atoms with Crippen molar-refractivity contribution in [2.24, 2.45) is 0 Å². The van der Waals surface area contributed by atoms with Crippen molar-refractivity contribution in [3.63, 3.8) is 0 Å². The first-order chi connectivity index (χ1) is 19.7. The molecule has 0 aromatic heterocycles. The predicted octanol–water partition coefficient (Wildman–Crippen LogP) is 12.1. The molecule has 4 heteroatoms. The van der Waals surface area contributed by atoms with Crippen LogP contribution in [-0.2, 0) is 19.1 Å². The van der Waals surface area contributed by atoms with Crippen LogP contribution < -0.4 is 0 Å². The van der Waals surface area contributed by atoms with Crippen molar-refractivity contribution >= 4 is 11.9 Å². The minimum Gasteiger partial charge on any atom is -0.435 e. The standard InChI is InChI=1S/C36H66O4/c1-3-5-7-9-11-13-15-17-19-21-23-25-27-29-33-39-35(37)31-32-36(38)40-34-30-28-26-24-22-20-18-16-14-12-10-8-6-4-2/h29-30,33-34H,3-28,31-32H2,1-2H3. The molecule has 0 aromatic rings. The molecular formula is C36H66O4. The molecule has 0 aliphatic carbocycles. The van der Waals surface area contributed by atoms with Gasteiger partial charge in [-0.3, -0.25) is 9.59 Å². The molecule has 0 fully saturated rings. The zero-order valence-electron chi connectivity index (χ0n) is 26.7. The fourth-order valence-corrected chi connectivity index (χ4v) is 4.91. The number of esters is 2. The number of carbonyl (C=O) groups excluding carboxylic acids is 2. The summed E-state index contributed by atoms with van der Waals surface area (Å²) in [6.45, 7) is 4.53. The van der Waals surface area contributed by atoms with Crippen molar-refractivity contribution in [2.75, 3.05) is 0 Å². The molecule has 0 N–H and O–H groups in total. The van der Waals surface area contributed by atoms with Crippen LogP contribution >= 0.6 is 0 Å². The van der Waals surface area contributed by atoms with Crippen molar-refractivity contribution in [1.82, 2.24) is 0 Å². The van der Waals surface area contributed by atoms with Gasteiger partial charge in [-0.15, -0.1) is 0 Å². The van der Waals surface area contributed by atoms with E-state index in [9.17, 15) is 9.59 Å². The zero-order valence-corrected chi connectivity index (χ0v) is 26.7. The summed E-state index contributed by atoms with van der Waals surface area (Å²) in [5.74, 6) is -0.772. The molecule has 234 valence electrons. The molecule has 0 heterocycles. The number of ether oxygens (including phenoxy) is 2. The molecule has 0 spiro atoms. The maximum Gasteiger partial charge on any atom is 0.311 e. The van der Waals surface area contributed by atoms with E-state index in [0.29, 0.717) is 0 Å². The van der Waals surface area contributed by atoms with Crippen LogP contribution in [0, 0.1) is 0 Å². The van der Waals surface area contributed by atoms with Crippen molar-refractivity contribution in [3.8, 4) is 0 Å². The van der Waals surface area contributed by atoms with Crippen LogP contribution in [-0.4, -0.2) is 11.9 Å². The summed E-state index contributed by atoms with van der Waals surface area (Å²) < 4.78 is 10.2. The largest absolute Gasteiger partial charge is 0.435 e. The molecule has 0 aromatic carbocycles. The number of rotatable bonds is 31. The van der Waals surface area contributed by atoms with Crippen LogP contribution in [0.3, 0.4) is 0 Å². The second kappa shape index (κ2) is 33.6. The Kier molecular flexibility index (Phi) is 32.3. The minimum absolute atomic E-state index is 0.0500. The Balaban J connectivity index is 3.41. The van der Waals surface area contributed by atoms with Crippen LogP contribution in [0.1, 0.15) is 194 Å². The van der Waals surface area contributed by atoms with Crippen LogP contribution in [0.15, 0.2) is 24.7 Å². The summed E-state index contributed by atoms with van der Waals surface area (Å²) in [7, 11) is 0. The van der Waals surface area contributed by atoms with Gasteiger partial charge in [-0.25, -0.2) is 0 Å². The van der Waals surface area contributed by atoms with Gasteiger partial charge in [0.2, 0.25) is 0 Å². The smallest absolute Gasteiger partial charge is 0.311 e. The third-order valence-corrected chi connectivity index (χ3v) is 7.57. The van der Waals surface area contributed by atoms with E-state index in [1.165, 1.54) is 154 Å². The van der Waals surface area contributed by atoms with Crippen molar-refractivity contribution in [3.05, 3.63) is 24.7 Å². The highest BCUT2D eigenvalue weighted by atomic mass is 16.5. The molecular weight excluding hydrogens is 496 g/mol. The summed E-state index contributed by atoms with van der Waals surface area (Å²) in [5.41, 5.74) is 0. The van der Waals surface area contributed by atoms with Gasteiger partial charge in [0.1, 0.15) is 0 Å². The fourth-order valence-electron chi connectivity index (χ4n) is 4.91. The predicted molar refractivity (Wildman–Crippen MR) is 171 cm³/mol. The maximum absolute atomic E-state index is 11.8. The van der Waals surface area contributed by atoms with Crippen molar-refractivity contribution in [1.29, 1.82) is 0 Å². The number of allylic oxidation sites excluding steroid dienone is 2. The zero-order chi connectivity index (χ0) is 29.2. The van der Waals surface area contributed by atoms with Gasteiger partial charge in [0.15, 0.2) is 0 Å². The van der Waals surface area contributed by atoms with Crippen LogP contribution in [0.5, 0.6) is 0 Å². The van der Waals surface area contributed by atoms with Crippen LogP contribution in [0.2, 0.25) is 0 Å². The fraction of sp³-hybridized carbons (Fsp3) is 0.833. The van der Waals surface area contributed by atoms with E-state index in [2.05, 4.69) is 13.8 Å². The van der Waals surface area contributed by atoms with Gasteiger partial charge in [0, 0.05) is 0 Å². The molecule has 0 aliphatic rings. The molecule has 0 bridgehead atoms. The van der Waals surface area contributed by atoms with Crippen LogP contribution in [0.4, 0.5) is 0 Å². The number of carbonyl (C=O) groups is 2. The molecule has 0 saturated carbocycles. The number of unbranched alkanes of at least 4 members (excludes halogenated alkanes) is 24. The molecule has 0 amide bonds. The van der Waals surface area contributed by atoms with Gasteiger partial charge in [0.25, 0.3) is 0 Å². The van der Waals surface area contributed by atoms with Gasteiger partial charge >= 0.3 is 11.9 Å². The van der Waals surface area contributed by atoms with E-state index in [-0.39, 0.29) is 24.8 Å². The van der Waals surface area contributed by atoms with Gasteiger partial charge in [-0.2, -0.15) is 0 Å². The van der Waals surface area contributed by atoms with Gasteiger partial charge in [-0.05, 0) is 37.8 Å². The third kappa shape index (κ3) is 32.6. The summed E-state index contributed by atoms with van der Waals surface area (Å²) in [6, 6.07) is 0. The van der Waals surface area contributed by atoms with Gasteiger partial charge < -0.3 is 9.47 Å². The second-order valence-corrected chi connectivity index (χ2v) is 11.6. The van der Waals surface area contributed by atoms with E-state index in [1.54, 1.807) is 0 Å². The summed E-state index contributed by atoms with van der Waals surface area (Å²) in [6.07, 6.45) is 40.8. The Morgan fingerprint density at radius 2 is 0.650 bits per heavy atom. The quantitative estimate of drug-likeness (QED) is 0.0479. The highest BCUT2D eigenvalue weighted by Crippen LogP contribution is 2.14. The lowest BCUT2D eigenvalue weighted by molar-refractivity contribution is -0.144. The third-order valence-electron chi connectivity index (χ3n) is 7.57. The minimum atomic E-state index is -0.386. The Morgan fingerprint density at radius 3 is 0.925 bits per heavy atom. The van der Waals surface area contributed by atoms with E-state index in [1.807, 2.05) is 12.2 Å². The monoisotopic (exact) mass is 562 g/mol. The van der Waals surface area contributed by atoms with E-state index in [0.717, 1.165) is 25.7 Å². The Hall–Kier alpha value is -1.58. The van der Waals surface area contributed by atoms with Gasteiger partial charge in [-0.1, -0.05) is 155 Å². The Bertz CT molecular complexity index is 544. The average molecular weight is 563 g/mol. The summed E-state index contributed by atoms with van der Waals surface area (Å²) in [5, 5.41) is 0. The molecule has 0 radical (unpaired) electrons. The SMILES string of the molecule is CCCCCCCCCCCCCCC=COC(=O)CCC(=O)OC=CCCCCCCCCCCCCCC. The van der Waals surface area contributed by atoms with Crippen LogP contribution in [0.25, 0.3) is 0 Å². The highest BCUT2D eigenvalue weighted by molar-refractivity contribution is 5.78. The lowest BCUT2D eigenvalue weighted by Crippen LogP contribution is -2.06. The molecule has 0 atom stereocenters. The number of hydrogen-bond donors (Lipinski definition) is 0. The molecule has 0 unspecified atom stereocenters. The molecule has 40 heavy (non-hydrogen) atoms. The van der Waals surface area contributed by atoms with Gasteiger partial charge in [0.05, 0.1) is 25.4 Å². The van der Waals surface area contributed by atoms with Crippen molar-refractivity contribution < 1.29 is 19.1 Å². The molecule has 0 rings (SSSR count). The van der Waals surface area contributed by atoms with E-state index >= 15 is 0 Å². The highest BCUT2D eigenvalue weighted by Gasteiger charge is 2.07. The van der Waals surface area contributed by atoms with E-state index < -0.39 is 0 Å². The second-order valence-electron chi connectivity index (χ2n) is 11.6. The lowest BCUT2D eigenvalue weighted by atomic mass is 10.0. The molecule has 4 nitrogen and oxygen atoms in total. The van der Waals surface area contributed by atoms with Crippen molar-refractivity contribution in [2.45, 2.75) is 194 Å². The average Bonchev–Trinajstić information content (AvgIpc) is 2.96. The maximum atomic E-state index is 11.8. The number of hydrogen-bond acceptors (Lipinski definition) is 4. The molecule has 0 aliphatic heterocycles. The Morgan fingerprint density at radius 1 is 0.400 bits per heavy atom. The summed E-state index contributed by atoms with van der Waals surface area (Å²) in [4.78, 5) is 23.6. The lowest BCUT2D eigenvalue weighted by Gasteiger charge is -2.02. The van der Waals surface area contributed by atoms with E-state index in [4.69, 9.17) is 9.47 Å². The first kappa shape index (κ1) is 38.4.